The number of likely N-dealkylation sites (N-methyl/N-ethyl adjacent to an activating group) is 1. The van der Waals surface area contributed by atoms with Gasteiger partial charge in [-0.3, -0.25) is 4.79 Å². The van der Waals surface area contributed by atoms with E-state index < -0.39 is 0 Å². The molecule has 0 aromatic rings. The largest absolute Gasteiger partial charge is 0.353 e. The van der Waals surface area contributed by atoms with Crippen molar-refractivity contribution in [3.63, 3.8) is 0 Å². The molecule has 0 spiro atoms. The van der Waals surface area contributed by atoms with Gasteiger partial charge in [-0.25, -0.2) is 4.99 Å². The van der Waals surface area contributed by atoms with Crippen molar-refractivity contribution in [1.29, 1.82) is 0 Å². The Balaban J connectivity index is 0.00000208. The summed E-state index contributed by atoms with van der Waals surface area (Å²) in [6.07, 6.45) is 7.87. The van der Waals surface area contributed by atoms with E-state index in [0.717, 1.165) is 23.5 Å². The van der Waals surface area contributed by atoms with Gasteiger partial charge in [0.2, 0.25) is 5.91 Å². The summed E-state index contributed by atoms with van der Waals surface area (Å²) in [6, 6.07) is 1.03. The van der Waals surface area contributed by atoms with Crippen LogP contribution in [0.15, 0.2) is 4.99 Å². The first-order valence-corrected chi connectivity index (χ1v) is 10.1. The summed E-state index contributed by atoms with van der Waals surface area (Å²) in [5.41, 5.74) is 0. The molecular weight excluding hydrogens is 435 g/mol. The van der Waals surface area contributed by atoms with Crippen molar-refractivity contribution in [3.8, 4) is 0 Å². The third-order valence-electron chi connectivity index (χ3n) is 5.43. The van der Waals surface area contributed by atoms with Gasteiger partial charge in [0.25, 0.3) is 0 Å². The average molecular weight is 466 g/mol. The smallest absolute Gasteiger partial charge is 0.243 e. The van der Waals surface area contributed by atoms with E-state index in [9.17, 15) is 4.79 Å². The minimum atomic E-state index is 0. The van der Waals surface area contributed by atoms with Crippen molar-refractivity contribution in [2.24, 2.45) is 16.8 Å². The molecule has 2 N–H and O–H groups in total. The van der Waals surface area contributed by atoms with Gasteiger partial charge in [-0.05, 0) is 49.7 Å². The summed E-state index contributed by atoms with van der Waals surface area (Å²) in [6.45, 7) is 0.225. The van der Waals surface area contributed by atoms with Crippen molar-refractivity contribution in [2.45, 2.75) is 50.6 Å². The maximum absolute atomic E-state index is 11.9. The topological polar surface area (TPSA) is 56.7 Å². The number of carbonyl (C=O) groups is 1. The third-order valence-corrected chi connectivity index (χ3v) is 6.65. The predicted molar refractivity (Wildman–Crippen MR) is 112 cm³/mol. The number of nitrogens with zero attached hydrogens (tertiary/aromatic N) is 2. The summed E-state index contributed by atoms with van der Waals surface area (Å²) in [5, 5.41) is 7.23. The summed E-state index contributed by atoms with van der Waals surface area (Å²) in [7, 11) is 3.57. The molecule has 2 aliphatic carbocycles. The lowest BCUT2D eigenvalue weighted by molar-refractivity contribution is -0.127. The molecule has 5 nitrogen and oxygen atoms in total. The van der Waals surface area contributed by atoms with Crippen LogP contribution in [0.4, 0.5) is 0 Å². The second kappa shape index (κ2) is 9.50. The van der Waals surface area contributed by atoms with Gasteiger partial charge in [0.05, 0.1) is 0 Å². The molecule has 4 unspecified atom stereocenters. The second-order valence-electron chi connectivity index (χ2n) is 7.44. The van der Waals surface area contributed by atoms with E-state index in [0.29, 0.717) is 12.1 Å². The first-order valence-electron chi connectivity index (χ1n) is 8.97. The number of guanidine groups is 1. The average Bonchev–Trinajstić information content (AvgIpc) is 3.16. The third kappa shape index (κ3) is 5.41. The monoisotopic (exact) mass is 466 g/mol. The number of hydrogen-bond donors (Lipinski definition) is 2. The molecule has 1 amide bonds. The zero-order valence-electron chi connectivity index (χ0n) is 14.8. The summed E-state index contributed by atoms with van der Waals surface area (Å²) >= 11 is 2.01. The van der Waals surface area contributed by atoms with E-state index in [4.69, 9.17) is 0 Å². The van der Waals surface area contributed by atoms with Gasteiger partial charge in [0.1, 0.15) is 6.54 Å². The molecule has 0 aromatic carbocycles. The van der Waals surface area contributed by atoms with E-state index in [-0.39, 0.29) is 36.4 Å². The Morgan fingerprint density at radius 3 is 2.62 bits per heavy atom. The number of rotatable bonds is 4. The Kier molecular flexibility index (Phi) is 7.97. The summed E-state index contributed by atoms with van der Waals surface area (Å²) < 4.78 is 0. The Morgan fingerprint density at radius 2 is 2.04 bits per heavy atom. The first-order chi connectivity index (χ1) is 11.1. The van der Waals surface area contributed by atoms with Crippen LogP contribution in [0.5, 0.6) is 0 Å². The lowest BCUT2D eigenvalue weighted by Crippen LogP contribution is -2.50. The Labute approximate surface area is 167 Å². The molecule has 3 aliphatic rings. The normalized spacial score (nSPS) is 32.2. The maximum Gasteiger partial charge on any atom is 0.243 e. The van der Waals surface area contributed by atoms with Crippen LogP contribution in [-0.2, 0) is 4.79 Å². The Morgan fingerprint density at radius 1 is 1.21 bits per heavy atom. The molecule has 1 saturated heterocycles. The molecule has 2 saturated carbocycles. The fourth-order valence-electron chi connectivity index (χ4n) is 4.07. The van der Waals surface area contributed by atoms with Crippen molar-refractivity contribution in [3.05, 3.63) is 0 Å². The summed E-state index contributed by atoms with van der Waals surface area (Å²) in [5.74, 6) is 5.02. The van der Waals surface area contributed by atoms with Crippen LogP contribution >= 0.6 is 35.7 Å². The SMILES string of the molecule is CN(C)C(=O)CN=C(NC1CCCSC1)NC1CC2CCC1C2.I. The molecule has 1 aliphatic heterocycles. The number of carbonyl (C=O) groups excluding carboxylic acids is 1. The highest BCUT2D eigenvalue weighted by molar-refractivity contribution is 14.0. The minimum Gasteiger partial charge on any atom is -0.353 e. The van der Waals surface area contributed by atoms with Crippen LogP contribution in [-0.4, -0.2) is 61.0 Å². The molecule has 24 heavy (non-hydrogen) atoms. The minimum absolute atomic E-state index is 0. The highest BCUT2D eigenvalue weighted by Crippen LogP contribution is 2.44. The van der Waals surface area contributed by atoms with Gasteiger partial charge in [-0.1, -0.05) is 6.42 Å². The zero-order chi connectivity index (χ0) is 16.2. The van der Waals surface area contributed by atoms with Gasteiger partial charge in [-0.15, -0.1) is 24.0 Å². The molecule has 7 heteroatoms. The van der Waals surface area contributed by atoms with Gasteiger partial charge in [0.15, 0.2) is 5.96 Å². The highest BCUT2D eigenvalue weighted by Gasteiger charge is 2.40. The van der Waals surface area contributed by atoms with Gasteiger partial charge in [0, 0.05) is 31.9 Å². The zero-order valence-corrected chi connectivity index (χ0v) is 17.9. The molecular formula is C17H31IN4OS. The van der Waals surface area contributed by atoms with Crippen LogP contribution in [0.1, 0.15) is 38.5 Å². The number of nitrogens with one attached hydrogen (secondary N) is 2. The van der Waals surface area contributed by atoms with Gasteiger partial charge < -0.3 is 15.5 Å². The molecule has 2 bridgehead atoms. The Hall–Kier alpha value is -0.180. The van der Waals surface area contributed by atoms with Crippen molar-refractivity contribution < 1.29 is 4.79 Å². The molecule has 0 radical (unpaired) electrons. The van der Waals surface area contributed by atoms with E-state index in [2.05, 4.69) is 15.6 Å². The van der Waals surface area contributed by atoms with Crippen molar-refractivity contribution in [1.82, 2.24) is 15.5 Å². The van der Waals surface area contributed by atoms with Crippen LogP contribution in [0.25, 0.3) is 0 Å². The van der Waals surface area contributed by atoms with Crippen LogP contribution < -0.4 is 10.6 Å². The quantitative estimate of drug-likeness (QED) is 0.380. The number of amides is 1. The Bertz CT molecular complexity index is 454. The molecule has 3 rings (SSSR count). The predicted octanol–water partition coefficient (Wildman–Crippen LogP) is 2.31. The maximum atomic E-state index is 11.9. The van der Waals surface area contributed by atoms with E-state index in [1.54, 1.807) is 19.0 Å². The van der Waals surface area contributed by atoms with Crippen molar-refractivity contribution in [2.75, 3.05) is 32.1 Å². The standard InChI is InChI=1S/C17H30N4OS.HI/c1-21(2)16(22)10-18-17(19-14-4-3-7-23-11-14)20-15-9-12-5-6-13(15)8-12;/h12-15H,3-11H2,1-2H3,(H2,18,19,20);1H. The van der Waals surface area contributed by atoms with E-state index in [1.165, 1.54) is 44.3 Å². The lowest BCUT2D eigenvalue weighted by atomic mass is 9.95. The molecule has 1 heterocycles. The van der Waals surface area contributed by atoms with Crippen LogP contribution in [0.2, 0.25) is 0 Å². The molecule has 4 atom stereocenters. The summed E-state index contributed by atoms with van der Waals surface area (Å²) in [4.78, 5) is 18.0. The lowest BCUT2D eigenvalue weighted by Gasteiger charge is -2.29. The van der Waals surface area contributed by atoms with Crippen molar-refractivity contribution >= 4 is 47.6 Å². The van der Waals surface area contributed by atoms with Gasteiger partial charge in [-0.2, -0.15) is 11.8 Å². The fraction of sp³-hybridized carbons (Fsp3) is 0.882. The number of thioether (sulfide) groups is 1. The number of aliphatic imine (C=N–C) groups is 1. The second-order valence-corrected chi connectivity index (χ2v) is 8.59. The van der Waals surface area contributed by atoms with E-state index >= 15 is 0 Å². The fourth-order valence-corrected chi connectivity index (χ4v) is 5.14. The molecule has 3 fully saturated rings. The molecule has 138 valence electrons. The van der Waals surface area contributed by atoms with Crippen LogP contribution in [0.3, 0.4) is 0 Å². The number of hydrogen-bond acceptors (Lipinski definition) is 3. The number of halogens is 1. The first kappa shape index (κ1) is 20.1. The van der Waals surface area contributed by atoms with Gasteiger partial charge >= 0.3 is 0 Å². The number of fused-ring (bicyclic) bond motifs is 2. The highest BCUT2D eigenvalue weighted by atomic mass is 127. The van der Waals surface area contributed by atoms with Crippen LogP contribution in [0, 0.1) is 11.8 Å². The molecule has 0 aromatic heterocycles. The van der Waals surface area contributed by atoms with E-state index in [1.807, 2.05) is 11.8 Å².